The lowest BCUT2D eigenvalue weighted by Gasteiger charge is -2.32. The smallest absolute Gasteiger partial charge is 0.276 e. The lowest BCUT2D eigenvalue weighted by Crippen LogP contribution is -2.36. The Morgan fingerprint density at radius 2 is 2.18 bits per heavy atom. The zero-order chi connectivity index (χ0) is 15.6. The lowest BCUT2D eigenvalue weighted by molar-refractivity contribution is 0.182. The van der Waals surface area contributed by atoms with Gasteiger partial charge in [-0.3, -0.25) is 0 Å². The van der Waals surface area contributed by atoms with Crippen molar-refractivity contribution in [3.63, 3.8) is 0 Å². The number of hydrogen-bond donors (Lipinski definition) is 0. The Kier molecular flexibility index (Phi) is 5.09. The molecule has 124 valence electrons. The van der Waals surface area contributed by atoms with Gasteiger partial charge in [-0.25, -0.2) is 8.42 Å². The normalized spacial score (nSPS) is 29.0. The van der Waals surface area contributed by atoms with Crippen molar-refractivity contribution in [1.29, 1.82) is 0 Å². The molecule has 0 bridgehead atoms. The minimum Gasteiger partial charge on any atom is -0.416 e. The third-order valence-electron chi connectivity index (χ3n) is 4.60. The fourth-order valence-corrected chi connectivity index (χ4v) is 5.76. The maximum atomic E-state index is 11.5. The van der Waals surface area contributed by atoms with Crippen LogP contribution < -0.4 is 0 Å². The van der Waals surface area contributed by atoms with Crippen LogP contribution in [0.2, 0.25) is 0 Å². The molecule has 2 atom stereocenters. The van der Waals surface area contributed by atoms with Crippen molar-refractivity contribution >= 4 is 21.6 Å². The van der Waals surface area contributed by atoms with Gasteiger partial charge in [0.05, 0.1) is 17.4 Å². The van der Waals surface area contributed by atoms with Gasteiger partial charge in [-0.15, -0.1) is 10.2 Å². The number of piperidine rings is 1. The van der Waals surface area contributed by atoms with Crippen LogP contribution in [0.1, 0.15) is 43.9 Å². The van der Waals surface area contributed by atoms with Gasteiger partial charge in [-0.05, 0) is 39.3 Å². The van der Waals surface area contributed by atoms with Crippen molar-refractivity contribution in [2.24, 2.45) is 0 Å². The molecule has 0 radical (unpaired) electrons. The zero-order valence-corrected chi connectivity index (χ0v) is 14.5. The Morgan fingerprint density at radius 3 is 2.91 bits per heavy atom. The molecule has 8 heteroatoms. The summed E-state index contributed by atoms with van der Waals surface area (Å²) in [5, 5.41) is 8.65. The highest BCUT2D eigenvalue weighted by Gasteiger charge is 2.32. The maximum Gasteiger partial charge on any atom is 0.276 e. The van der Waals surface area contributed by atoms with E-state index in [4.69, 9.17) is 4.42 Å². The highest BCUT2D eigenvalue weighted by Crippen LogP contribution is 2.30. The quantitative estimate of drug-likeness (QED) is 0.755. The SMILES string of the molecule is CN1CCCC[C@@H]1CCSc1nnc([C@@H]2CCS(=O)(=O)C2)o1. The Labute approximate surface area is 136 Å². The second kappa shape index (κ2) is 6.88. The molecular weight excluding hydrogens is 322 g/mol. The summed E-state index contributed by atoms with van der Waals surface area (Å²) in [5.74, 6) is 1.71. The molecule has 0 unspecified atom stereocenters. The van der Waals surface area contributed by atoms with E-state index >= 15 is 0 Å². The molecule has 2 aliphatic heterocycles. The van der Waals surface area contributed by atoms with Crippen LogP contribution in [-0.2, 0) is 9.84 Å². The first-order chi connectivity index (χ1) is 10.5. The van der Waals surface area contributed by atoms with Gasteiger partial charge in [-0.2, -0.15) is 0 Å². The Bertz CT molecular complexity index is 602. The molecule has 0 aromatic carbocycles. The van der Waals surface area contributed by atoms with Crippen molar-refractivity contribution in [3.8, 4) is 0 Å². The molecule has 0 spiro atoms. The van der Waals surface area contributed by atoms with Gasteiger partial charge in [-0.1, -0.05) is 18.2 Å². The predicted octanol–water partition coefficient (Wildman–Crippen LogP) is 1.94. The van der Waals surface area contributed by atoms with Gasteiger partial charge in [0.2, 0.25) is 5.89 Å². The number of nitrogens with zero attached hydrogens (tertiary/aromatic N) is 3. The van der Waals surface area contributed by atoms with Gasteiger partial charge >= 0.3 is 0 Å². The van der Waals surface area contributed by atoms with Crippen LogP contribution in [0.4, 0.5) is 0 Å². The first kappa shape index (κ1) is 16.3. The molecule has 1 aromatic rings. The topological polar surface area (TPSA) is 76.3 Å². The summed E-state index contributed by atoms with van der Waals surface area (Å²) in [5.41, 5.74) is 0. The molecule has 2 fully saturated rings. The van der Waals surface area contributed by atoms with E-state index in [9.17, 15) is 8.42 Å². The molecule has 22 heavy (non-hydrogen) atoms. The third-order valence-corrected chi connectivity index (χ3v) is 7.22. The summed E-state index contributed by atoms with van der Waals surface area (Å²) in [6.45, 7) is 1.19. The van der Waals surface area contributed by atoms with Crippen molar-refractivity contribution in [1.82, 2.24) is 15.1 Å². The van der Waals surface area contributed by atoms with Gasteiger partial charge < -0.3 is 9.32 Å². The first-order valence-corrected chi connectivity index (χ1v) is 10.7. The second-order valence-electron chi connectivity index (χ2n) is 6.27. The summed E-state index contributed by atoms with van der Waals surface area (Å²) < 4.78 is 28.6. The lowest BCUT2D eigenvalue weighted by atomic mass is 10.0. The molecule has 0 saturated carbocycles. The van der Waals surface area contributed by atoms with Crippen molar-refractivity contribution < 1.29 is 12.8 Å². The predicted molar refractivity (Wildman–Crippen MR) is 85.9 cm³/mol. The summed E-state index contributed by atoms with van der Waals surface area (Å²) in [7, 11) is -0.718. The molecule has 0 amide bonds. The molecule has 0 aliphatic carbocycles. The average molecular weight is 345 g/mol. The van der Waals surface area contributed by atoms with E-state index in [1.165, 1.54) is 25.8 Å². The van der Waals surface area contributed by atoms with Crippen LogP contribution in [0.3, 0.4) is 0 Å². The van der Waals surface area contributed by atoms with Crippen LogP contribution in [0.25, 0.3) is 0 Å². The highest BCUT2D eigenvalue weighted by atomic mass is 32.2. The number of sulfone groups is 1. The number of thioether (sulfide) groups is 1. The molecule has 6 nitrogen and oxygen atoms in total. The number of hydrogen-bond acceptors (Lipinski definition) is 7. The largest absolute Gasteiger partial charge is 0.416 e. The minimum absolute atomic E-state index is 0.115. The summed E-state index contributed by atoms with van der Waals surface area (Å²) in [4.78, 5) is 2.44. The maximum absolute atomic E-state index is 11.5. The van der Waals surface area contributed by atoms with Crippen molar-refractivity contribution in [2.45, 2.75) is 49.3 Å². The average Bonchev–Trinajstić information content (AvgIpc) is 3.07. The van der Waals surface area contributed by atoms with E-state index < -0.39 is 9.84 Å². The fourth-order valence-electron chi connectivity index (χ4n) is 3.22. The summed E-state index contributed by atoms with van der Waals surface area (Å²) in [6, 6.07) is 0.656. The van der Waals surface area contributed by atoms with Crippen LogP contribution in [0, 0.1) is 0 Å². The molecular formula is C14H23N3O3S2. The first-order valence-electron chi connectivity index (χ1n) is 7.90. The molecule has 3 rings (SSSR count). The van der Waals surface area contributed by atoms with E-state index in [1.807, 2.05) is 0 Å². The summed E-state index contributed by atoms with van der Waals surface area (Å²) >= 11 is 1.58. The number of rotatable bonds is 5. The van der Waals surface area contributed by atoms with E-state index in [1.54, 1.807) is 11.8 Å². The monoisotopic (exact) mass is 345 g/mol. The van der Waals surface area contributed by atoms with Gasteiger partial charge in [0.25, 0.3) is 5.22 Å². The Morgan fingerprint density at radius 1 is 1.32 bits per heavy atom. The van der Waals surface area contributed by atoms with Gasteiger partial charge in [0, 0.05) is 11.8 Å². The highest BCUT2D eigenvalue weighted by molar-refractivity contribution is 7.99. The van der Waals surface area contributed by atoms with Gasteiger partial charge in [0.15, 0.2) is 9.84 Å². The standard InChI is InChI=1S/C14H23N3O3S2/c1-17-7-3-2-4-12(17)5-8-21-14-16-15-13(20-14)11-6-9-22(18,19)10-11/h11-12H,2-10H2,1H3/t11-,12-/m1/s1. The third kappa shape index (κ3) is 4.02. The van der Waals surface area contributed by atoms with E-state index in [0.29, 0.717) is 23.6 Å². The molecule has 1 aromatic heterocycles. The Hall–Kier alpha value is -0.600. The van der Waals surface area contributed by atoms with Crippen molar-refractivity contribution in [2.75, 3.05) is 30.9 Å². The van der Waals surface area contributed by atoms with Gasteiger partial charge in [0.1, 0.15) is 0 Å². The van der Waals surface area contributed by atoms with E-state index in [-0.39, 0.29) is 17.4 Å². The van der Waals surface area contributed by atoms with Crippen LogP contribution in [0.5, 0.6) is 0 Å². The van der Waals surface area contributed by atoms with E-state index in [0.717, 1.165) is 12.2 Å². The molecule has 2 saturated heterocycles. The zero-order valence-electron chi connectivity index (χ0n) is 12.9. The minimum atomic E-state index is -2.91. The molecule has 3 heterocycles. The van der Waals surface area contributed by atoms with E-state index in [2.05, 4.69) is 22.1 Å². The number of likely N-dealkylation sites (tertiary alicyclic amines) is 1. The van der Waals surface area contributed by atoms with Crippen LogP contribution in [-0.4, -0.2) is 60.4 Å². The number of aromatic nitrogens is 2. The van der Waals surface area contributed by atoms with Crippen molar-refractivity contribution in [3.05, 3.63) is 5.89 Å². The molecule has 0 N–H and O–H groups in total. The Balaban J connectivity index is 1.48. The van der Waals surface area contributed by atoms with Crippen LogP contribution >= 0.6 is 11.8 Å². The molecule has 2 aliphatic rings. The fraction of sp³-hybridized carbons (Fsp3) is 0.857. The summed E-state index contributed by atoms with van der Waals surface area (Å²) in [6.07, 6.45) is 5.61. The second-order valence-corrected chi connectivity index (χ2v) is 9.55. The van der Waals surface area contributed by atoms with Crippen LogP contribution in [0.15, 0.2) is 9.64 Å².